The highest BCUT2D eigenvalue weighted by Crippen LogP contribution is 2.23. The first-order chi connectivity index (χ1) is 7.89. The highest BCUT2D eigenvalue weighted by molar-refractivity contribution is 7.09. The third kappa shape index (κ3) is 5.14. The van der Waals surface area contributed by atoms with E-state index in [4.69, 9.17) is 5.73 Å². The second kappa shape index (κ2) is 5.97. The average molecular weight is 257 g/mol. The van der Waals surface area contributed by atoms with Crippen LogP contribution in [-0.4, -0.2) is 24.2 Å². The molecule has 17 heavy (non-hydrogen) atoms. The summed E-state index contributed by atoms with van der Waals surface area (Å²) in [6, 6.07) is 0. The maximum absolute atomic E-state index is 10.3. The number of carbonyl (C=O) groups is 1. The fraction of sp³-hybridized carbons (Fsp3) is 0.636. The van der Waals surface area contributed by atoms with Gasteiger partial charge in [0.1, 0.15) is 11.6 Å². The number of primary amides is 1. The van der Waals surface area contributed by atoms with Crippen LogP contribution >= 0.6 is 11.3 Å². The molecular formula is C11H19N3O2S. The lowest BCUT2D eigenvalue weighted by Crippen LogP contribution is -2.23. The van der Waals surface area contributed by atoms with Gasteiger partial charge in [0, 0.05) is 23.9 Å². The maximum atomic E-state index is 10.3. The van der Waals surface area contributed by atoms with Gasteiger partial charge in [0.05, 0.1) is 5.69 Å². The minimum absolute atomic E-state index is 0.0871. The van der Waals surface area contributed by atoms with E-state index < -0.39 is 6.09 Å². The predicted octanol–water partition coefficient (Wildman–Crippen LogP) is 1.63. The lowest BCUT2D eigenvalue weighted by atomic mass is 9.93. The zero-order valence-electron chi connectivity index (χ0n) is 10.4. The van der Waals surface area contributed by atoms with Gasteiger partial charge in [-0.25, -0.2) is 9.78 Å². The topological polar surface area (TPSA) is 77.2 Å². The number of carbonyl (C=O) groups excluding carboxylic acids is 1. The van der Waals surface area contributed by atoms with Crippen LogP contribution in [0.25, 0.3) is 0 Å². The summed E-state index contributed by atoms with van der Waals surface area (Å²) in [4.78, 5) is 14.8. The molecule has 96 valence electrons. The third-order valence-corrected chi connectivity index (χ3v) is 2.97. The van der Waals surface area contributed by atoms with Crippen LogP contribution in [0.5, 0.6) is 0 Å². The number of hydrogen-bond acceptors (Lipinski definition) is 5. The monoisotopic (exact) mass is 257 g/mol. The van der Waals surface area contributed by atoms with Crippen LogP contribution in [0.1, 0.15) is 31.5 Å². The van der Waals surface area contributed by atoms with E-state index in [2.05, 4.69) is 41.2 Å². The fourth-order valence-electron chi connectivity index (χ4n) is 1.16. The molecular weight excluding hydrogens is 238 g/mol. The van der Waals surface area contributed by atoms with Gasteiger partial charge in [0.25, 0.3) is 0 Å². The van der Waals surface area contributed by atoms with Crippen molar-refractivity contribution in [1.82, 2.24) is 10.3 Å². The Hall–Kier alpha value is -1.14. The van der Waals surface area contributed by atoms with Crippen LogP contribution in [0, 0.1) is 0 Å². The van der Waals surface area contributed by atoms with Crippen LogP contribution in [-0.2, 0) is 16.7 Å². The largest absolute Gasteiger partial charge is 0.448 e. The van der Waals surface area contributed by atoms with E-state index in [1.165, 1.54) is 0 Å². The van der Waals surface area contributed by atoms with Gasteiger partial charge in [0.2, 0.25) is 0 Å². The lowest BCUT2D eigenvalue weighted by molar-refractivity contribution is 0.157. The average Bonchev–Trinajstić information content (AvgIpc) is 2.64. The number of aromatic nitrogens is 1. The van der Waals surface area contributed by atoms with Gasteiger partial charge >= 0.3 is 6.09 Å². The van der Waals surface area contributed by atoms with Crippen molar-refractivity contribution in [2.75, 3.05) is 13.2 Å². The minimum atomic E-state index is -0.740. The summed E-state index contributed by atoms with van der Waals surface area (Å²) < 4.78 is 4.60. The molecule has 0 aromatic carbocycles. The zero-order valence-corrected chi connectivity index (χ0v) is 11.3. The summed E-state index contributed by atoms with van der Waals surface area (Å²) in [5.74, 6) is 0. The Morgan fingerprint density at radius 2 is 2.29 bits per heavy atom. The van der Waals surface area contributed by atoms with Gasteiger partial charge in [-0.2, -0.15) is 0 Å². The normalized spacial score (nSPS) is 11.5. The Kier molecular flexibility index (Phi) is 4.89. The highest BCUT2D eigenvalue weighted by atomic mass is 32.1. The molecule has 1 aromatic heterocycles. The number of hydrogen-bond donors (Lipinski definition) is 2. The van der Waals surface area contributed by atoms with Crippen molar-refractivity contribution < 1.29 is 9.53 Å². The molecule has 1 rings (SSSR count). The molecule has 0 saturated carbocycles. The van der Waals surface area contributed by atoms with E-state index >= 15 is 0 Å². The number of nitrogens with one attached hydrogen (secondary N) is 1. The molecule has 1 amide bonds. The van der Waals surface area contributed by atoms with Gasteiger partial charge < -0.3 is 15.8 Å². The SMILES string of the molecule is CC(C)(C)c1csc(CNCCOC(N)=O)n1. The Bertz CT molecular complexity index is 371. The third-order valence-electron chi connectivity index (χ3n) is 2.12. The van der Waals surface area contributed by atoms with E-state index in [1.807, 2.05) is 0 Å². The maximum Gasteiger partial charge on any atom is 0.404 e. The number of ether oxygens (including phenoxy) is 1. The first-order valence-corrected chi connectivity index (χ1v) is 6.35. The molecule has 0 aliphatic heterocycles. The molecule has 1 aromatic rings. The summed E-state index contributed by atoms with van der Waals surface area (Å²) in [5, 5.41) is 6.25. The molecule has 0 aliphatic carbocycles. The van der Waals surface area contributed by atoms with Gasteiger partial charge in [-0.1, -0.05) is 20.8 Å². The quantitative estimate of drug-likeness (QED) is 0.786. The van der Waals surface area contributed by atoms with Gasteiger partial charge in [-0.05, 0) is 0 Å². The van der Waals surface area contributed by atoms with E-state index in [0.29, 0.717) is 13.1 Å². The standard InChI is InChI=1S/C11H19N3O2S/c1-11(2,3)8-7-17-9(14-8)6-13-4-5-16-10(12)15/h7,13H,4-6H2,1-3H3,(H2,12,15). The minimum Gasteiger partial charge on any atom is -0.448 e. The van der Waals surface area contributed by atoms with Crippen molar-refractivity contribution in [2.24, 2.45) is 5.73 Å². The van der Waals surface area contributed by atoms with Crippen molar-refractivity contribution in [3.8, 4) is 0 Å². The van der Waals surface area contributed by atoms with Crippen molar-refractivity contribution in [2.45, 2.75) is 32.7 Å². The van der Waals surface area contributed by atoms with Gasteiger partial charge in [-0.15, -0.1) is 11.3 Å². The molecule has 1 heterocycles. The smallest absolute Gasteiger partial charge is 0.404 e. The second-order valence-corrected chi connectivity index (χ2v) is 5.66. The second-order valence-electron chi connectivity index (χ2n) is 4.72. The predicted molar refractivity (Wildman–Crippen MR) is 68.1 cm³/mol. The fourth-order valence-corrected chi connectivity index (χ4v) is 2.15. The van der Waals surface area contributed by atoms with Gasteiger partial charge in [-0.3, -0.25) is 0 Å². The summed E-state index contributed by atoms with van der Waals surface area (Å²) in [6.07, 6.45) is -0.740. The molecule has 0 aliphatic rings. The van der Waals surface area contributed by atoms with E-state index in [-0.39, 0.29) is 12.0 Å². The first-order valence-electron chi connectivity index (χ1n) is 5.47. The van der Waals surface area contributed by atoms with Crippen LogP contribution in [0.3, 0.4) is 0 Å². The Morgan fingerprint density at radius 1 is 1.59 bits per heavy atom. The van der Waals surface area contributed by atoms with Crippen molar-refractivity contribution in [1.29, 1.82) is 0 Å². The molecule has 0 radical (unpaired) electrons. The van der Waals surface area contributed by atoms with Crippen LogP contribution in [0.15, 0.2) is 5.38 Å². The molecule has 0 fully saturated rings. The molecule has 3 N–H and O–H groups in total. The molecule has 0 spiro atoms. The van der Waals surface area contributed by atoms with E-state index in [1.54, 1.807) is 11.3 Å². The number of rotatable bonds is 5. The number of nitrogens with zero attached hydrogens (tertiary/aromatic N) is 1. The summed E-state index contributed by atoms with van der Waals surface area (Å²) in [7, 11) is 0. The summed E-state index contributed by atoms with van der Waals surface area (Å²) in [6.45, 7) is 7.96. The Labute approximate surface area is 105 Å². The molecule has 6 heteroatoms. The highest BCUT2D eigenvalue weighted by Gasteiger charge is 2.16. The Morgan fingerprint density at radius 3 is 2.82 bits per heavy atom. The number of thiazole rings is 1. The number of amides is 1. The van der Waals surface area contributed by atoms with Crippen molar-refractivity contribution >= 4 is 17.4 Å². The lowest BCUT2D eigenvalue weighted by Gasteiger charge is -2.14. The van der Waals surface area contributed by atoms with E-state index in [9.17, 15) is 4.79 Å². The van der Waals surface area contributed by atoms with Crippen LogP contribution in [0.2, 0.25) is 0 Å². The Balaban J connectivity index is 2.28. The summed E-state index contributed by atoms with van der Waals surface area (Å²) in [5.41, 5.74) is 6.03. The molecule has 0 saturated heterocycles. The molecule has 5 nitrogen and oxygen atoms in total. The number of nitrogens with two attached hydrogens (primary N) is 1. The molecule has 0 atom stereocenters. The first kappa shape index (κ1) is 13.9. The zero-order chi connectivity index (χ0) is 12.9. The van der Waals surface area contributed by atoms with Gasteiger partial charge in [0.15, 0.2) is 0 Å². The van der Waals surface area contributed by atoms with Crippen molar-refractivity contribution in [3.63, 3.8) is 0 Å². The molecule has 0 bridgehead atoms. The van der Waals surface area contributed by atoms with Crippen LogP contribution in [0.4, 0.5) is 4.79 Å². The van der Waals surface area contributed by atoms with E-state index in [0.717, 1.165) is 10.7 Å². The molecule has 0 unspecified atom stereocenters. The summed E-state index contributed by atoms with van der Waals surface area (Å²) >= 11 is 1.63. The van der Waals surface area contributed by atoms with Crippen molar-refractivity contribution in [3.05, 3.63) is 16.1 Å². The van der Waals surface area contributed by atoms with Crippen LogP contribution < -0.4 is 11.1 Å².